The van der Waals surface area contributed by atoms with Gasteiger partial charge < -0.3 is 15.0 Å². The van der Waals surface area contributed by atoms with Gasteiger partial charge in [-0.2, -0.15) is 5.26 Å². The molecule has 106 valence electrons. The molecule has 6 heteroatoms. The first-order valence-corrected chi connectivity index (χ1v) is 6.45. The minimum atomic E-state index is -0.594. The summed E-state index contributed by atoms with van der Waals surface area (Å²) < 4.78 is 18.7. The van der Waals surface area contributed by atoms with E-state index >= 15 is 0 Å². The van der Waals surface area contributed by atoms with Crippen LogP contribution >= 0.6 is 0 Å². The van der Waals surface area contributed by atoms with E-state index in [0.29, 0.717) is 32.0 Å². The van der Waals surface area contributed by atoms with E-state index in [4.69, 9.17) is 10.00 Å². The van der Waals surface area contributed by atoms with Crippen molar-refractivity contribution in [3.8, 4) is 6.07 Å². The molecule has 1 fully saturated rings. The Labute approximate surface area is 116 Å². The Kier molecular flexibility index (Phi) is 4.53. The number of nitriles is 1. The molecule has 0 aromatic heterocycles. The summed E-state index contributed by atoms with van der Waals surface area (Å²) in [7, 11) is 0. The number of carbonyl (C=O) groups is 1. The van der Waals surface area contributed by atoms with Gasteiger partial charge in [-0.3, -0.25) is 4.79 Å². The monoisotopic (exact) mass is 277 g/mol. The second-order valence-electron chi connectivity index (χ2n) is 4.58. The Bertz CT molecular complexity index is 536. The van der Waals surface area contributed by atoms with Crippen LogP contribution < -0.4 is 5.32 Å². The number of ether oxygens (including phenoxy) is 1. The van der Waals surface area contributed by atoms with Crippen LogP contribution in [0.4, 0.5) is 10.1 Å². The van der Waals surface area contributed by atoms with E-state index in [1.54, 1.807) is 24.0 Å². The van der Waals surface area contributed by atoms with Crippen molar-refractivity contribution in [3.63, 3.8) is 0 Å². The summed E-state index contributed by atoms with van der Waals surface area (Å²) in [5.74, 6) is -0.676. The molecule has 0 bridgehead atoms. The standard InChI is InChI=1S/C14H16FN3O2/c1-10(14(19)18-5-7-20-8-6-18)17-13-4-2-3-12(15)11(13)9-16/h2-4,10,17H,5-8H2,1H3. The van der Waals surface area contributed by atoms with Crippen LogP contribution in [0.2, 0.25) is 0 Å². The van der Waals surface area contributed by atoms with E-state index in [1.165, 1.54) is 12.1 Å². The summed E-state index contributed by atoms with van der Waals surface area (Å²) in [5.41, 5.74) is 0.260. The molecule has 1 aliphatic rings. The van der Waals surface area contributed by atoms with Crippen molar-refractivity contribution in [1.29, 1.82) is 5.26 Å². The lowest BCUT2D eigenvalue weighted by atomic mass is 10.1. The summed E-state index contributed by atoms with van der Waals surface area (Å²) in [6.45, 7) is 3.87. The summed E-state index contributed by atoms with van der Waals surface area (Å²) in [6.07, 6.45) is 0. The molecular formula is C14H16FN3O2. The average Bonchev–Trinajstić information content (AvgIpc) is 2.47. The van der Waals surface area contributed by atoms with Gasteiger partial charge in [0.15, 0.2) is 0 Å². The molecule has 0 saturated carbocycles. The molecule has 1 aromatic carbocycles. The third kappa shape index (κ3) is 3.06. The number of nitrogens with one attached hydrogen (secondary N) is 1. The number of amides is 1. The topological polar surface area (TPSA) is 65.4 Å². The molecule has 5 nitrogen and oxygen atoms in total. The van der Waals surface area contributed by atoms with Crippen LogP contribution in [0, 0.1) is 17.1 Å². The van der Waals surface area contributed by atoms with Crippen LogP contribution in [0.15, 0.2) is 18.2 Å². The Balaban J connectivity index is 2.08. The minimum Gasteiger partial charge on any atom is -0.378 e. The molecule has 1 N–H and O–H groups in total. The molecule has 1 aliphatic heterocycles. The maximum Gasteiger partial charge on any atom is 0.244 e. The van der Waals surface area contributed by atoms with Crippen molar-refractivity contribution < 1.29 is 13.9 Å². The SMILES string of the molecule is CC(Nc1cccc(F)c1C#N)C(=O)N1CCOCC1. The van der Waals surface area contributed by atoms with Crippen LogP contribution in [0.1, 0.15) is 12.5 Å². The van der Waals surface area contributed by atoms with Gasteiger partial charge in [-0.05, 0) is 19.1 Å². The normalized spacial score (nSPS) is 16.4. The van der Waals surface area contributed by atoms with E-state index in [0.717, 1.165) is 0 Å². The van der Waals surface area contributed by atoms with Gasteiger partial charge >= 0.3 is 0 Å². The van der Waals surface area contributed by atoms with E-state index in [2.05, 4.69) is 5.32 Å². The quantitative estimate of drug-likeness (QED) is 0.906. The molecule has 0 radical (unpaired) electrons. The minimum absolute atomic E-state index is 0.0749. The van der Waals surface area contributed by atoms with Crippen molar-refractivity contribution in [2.24, 2.45) is 0 Å². The van der Waals surface area contributed by atoms with Crippen LogP contribution in [-0.4, -0.2) is 43.2 Å². The molecule has 1 saturated heterocycles. The zero-order valence-corrected chi connectivity index (χ0v) is 11.2. The highest BCUT2D eigenvalue weighted by molar-refractivity contribution is 5.84. The lowest BCUT2D eigenvalue weighted by Gasteiger charge is -2.29. The van der Waals surface area contributed by atoms with Crippen LogP contribution in [0.5, 0.6) is 0 Å². The molecule has 1 amide bonds. The Morgan fingerprint density at radius 2 is 2.20 bits per heavy atom. The summed E-state index contributed by atoms with van der Waals surface area (Å²) in [5, 5.41) is 11.9. The fourth-order valence-corrected chi connectivity index (χ4v) is 2.11. The van der Waals surface area contributed by atoms with Gasteiger partial charge in [-0.15, -0.1) is 0 Å². The molecule has 1 aromatic rings. The molecule has 2 rings (SSSR count). The van der Waals surface area contributed by atoms with Crippen LogP contribution in [-0.2, 0) is 9.53 Å². The van der Waals surface area contributed by atoms with Gasteiger partial charge in [0.05, 0.1) is 18.9 Å². The first kappa shape index (κ1) is 14.3. The van der Waals surface area contributed by atoms with Crippen LogP contribution in [0.3, 0.4) is 0 Å². The Hall–Kier alpha value is -2.13. The maximum atomic E-state index is 13.5. The number of rotatable bonds is 3. The summed E-state index contributed by atoms with van der Waals surface area (Å²) >= 11 is 0. The van der Waals surface area contributed by atoms with Gasteiger partial charge in [-0.1, -0.05) is 6.07 Å². The van der Waals surface area contributed by atoms with Gasteiger partial charge in [0.2, 0.25) is 5.91 Å². The van der Waals surface area contributed by atoms with Gasteiger partial charge in [0.1, 0.15) is 23.5 Å². The zero-order valence-electron chi connectivity index (χ0n) is 11.2. The first-order valence-electron chi connectivity index (χ1n) is 6.45. The summed E-state index contributed by atoms with van der Waals surface area (Å²) in [4.78, 5) is 13.9. The van der Waals surface area contributed by atoms with E-state index in [9.17, 15) is 9.18 Å². The molecule has 0 spiro atoms. The average molecular weight is 277 g/mol. The van der Waals surface area contributed by atoms with E-state index in [-0.39, 0.29) is 11.5 Å². The highest BCUT2D eigenvalue weighted by Gasteiger charge is 2.23. The van der Waals surface area contributed by atoms with Gasteiger partial charge in [0, 0.05) is 13.1 Å². The fraction of sp³-hybridized carbons (Fsp3) is 0.429. The number of carbonyl (C=O) groups excluding carboxylic acids is 1. The van der Waals surface area contributed by atoms with Crippen molar-refractivity contribution in [2.75, 3.05) is 31.6 Å². The first-order chi connectivity index (χ1) is 9.63. The highest BCUT2D eigenvalue weighted by atomic mass is 19.1. The van der Waals surface area contributed by atoms with E-state index < -0.39 is 11.9 Å². The fourth-order valence-electron chi connectivity index (χ4n) is 2.11. The lowest BCUT2D eigenvalue weighted by Crippen LogP contribution is -2.47. The molecule has 1 heterocycles. The van der Waals surface area contributed by atoms with Crippen molar-refractivity contribution in [1.82, 2.24) is 4.90 Å². The number of hydrogen-bond donors (Lipinski definition) is 1. The third-order valence-corrected chi connectivity index (χ3v) is 3.19. The summed E-state index contributed by atoms with van der Waals surface area (Å²) in [6, 6.07) is 5.59. The zero-order chi connectivity index (χ0) is 14.5. The number of halogens is 1. The number of hydrogen-bond acceptors (Lipinski definition) is 4. The van der Waals surface area contributed by atoms with E-state index in [1.807, 2.05) is 0 Å². The van der Waals surface area contributed by atoms with Crippen molar-refractivity contribution in [2.45, 2.75) is 13.0 Å². The molecule has 1 unspecified atom stereocenters. The molecule has 0 aliphatic carbocycles. The molecule has 1 atom stereocenters. The molecule has 20 heavy (non-hydrogen) atoms. The third-order valence-electron chi connectivity index (χ3n) is 3.19. The molecular weight excluding hydrogens is 261 g/mol. The second kappa shape index (κ2) is 6.35. The maximum absolute atomic E-state index is 13.5. The largest absolute Gasteiger partial charge is 0.378 e. The predicted molar refractivity (Wildman–Crippen MR) is 71.6 cm³/mol. The lowest BCUT2D eigenvalue weighted by molar-refractivity contribution is -0.135. The van der Waals surface area contributed by atoms with Crippen molar-refractivity contribution >= 4 is 11.6 Å². The highest BCUT2D eigenvalue weighted by Crippen LogP contribution is 2.19. The van der Waals surface area contributed by atoms with Gasteiger partial charge in [-0.25, -0.2) is 4.39 Å². The number of nitrogens with zero attached hydrogens (tertiary/aromatic N) is 2. The van der Waals surface area contributed by atoms with Crippen molar-refractivity contribution in [3.05, 3.63) is 29.6 Å². The smallest absolute Gasteiger partial charge is 0.244 e. The number of benzene rings is 1. The van der Waals surface area contributed by atoms with Gasteiger partial charge in [0.25, 0.3) is 0 Å². The second-order valence-corrected chi connectivity index (χ2v) is 4.58. The van der Waals surface area contributed by atoms with Crippen LogP contribution in [0.25, 0.3) is 0 Å². The number of morpholine rings is 1. The Morgan fingerprint density at radius 1 is 1.50 bits per heavy atom. The Morgan fingerprint density at radius 3 is 2.85 bits per heavy atom. The predicted octanol–water partition coefficient (Wildman–Crippen LogP) is 1.36. The number of anilines is 1.